The Labute approximate surface area is 330 Å². The number of aliphatic hydroxyl groups excluding tert-OH is 3. The third-order valence-corrected chi connectivity index (χ3v) is 10.2. The van der Waals surface area contributed by atoms with Gasteiger partial charge in [-0.3, -0.25) is 43.3 Å². The lowest BCUT2D eigenvalue weighted by atomic mass is 9.94. The summed E-state index contributed by atoms with van der Waals surface area (Å²) < 4.78 is 5.25. The normalized spacial score (nSPS) is 20.6. The van der Waals surface area contributed by atoms with Crippen LogP contribution in [0.5, 0.6) is 0 Å². The van der Waals surface area contributed by atoms with Gasteiger partial charge < -0.3 is 74.1 Å². The van der Waals surface area contributed by atoms with Crippen molar-refractivity contribution < 1.29 is 73.4 Å². The van der Waals surface area contributed by atoms with Crippen molar-refractivity contribution in [2.24, 2.45) is 17.2 Å². The molecule has 3 unspecified atom stereocenters. The van der Waals surface area contributed by atoms with E-state index in [9.17, 15) is 63.6 Å². The zero-order valence-corrected chi connectivity index (χ0v) is 31.8. The van der Waals surface area contributed by atoms with E-state index in [2.05, 4.69) is 26.6 Å². The lowest BCUT2D eigenvalue weighted by Crippen LogP contribution is -2.85. The van der Waals surface area contributed by atoms with Crippen molar-refractivity contribution >= 4 is 65.6 Å². The first-order valence-electron chi connectivity index (χ1n) is 17.7. The third kappa shape index (κ3) is 13.1. The van der Waals surface area contributed by atoms with Gasteiger partial charge in [-0.25, -0.2) is 4.79 Å². The Balaban J connectivity index is 2.12. The Morgan fingerprint density at radius 3 is 2.12 bits per heavy atom. The number of unbranched alkanes of at least 4 members (excludes halogenated alkanes) is 1. The SMILES string of the molecule is CC(N)C(=O)NC(CO)C(=O)N[C@H](CO)C(=O)N[C@@H](CCCCN)[C@H](O)CC(=O)OCC1=C(C(=O)O)N2C(=O)[C@@](NC=O)(NC(=O)CCC[C@H](N)C(=O)O)C2SC1. The number of esters is 1. The number of fused-ring (bicyclic) bond motifs is 1. The average molecular weight is 834 g/mol. The first-order chi connectivity index (χ1) is 26.9. The van der Waals surface area contributed by atoms with Gasteiger partial charge in [-0.05, 0) is 39.2 Å². The molecule has 2 heterocycles. The number of aliphatic carboxylic acids is 2. The van der Waals surface area contributed by atoms with E-state index in [-0.39, 0.29) is 50.0 Å². The number of ether oxygens (including phenoxy) is 1. The summed E-state index contributed by atoms with van der Waals surface area (Å²) in [4.78, 5) is 112. The van der Waals surface area contributed by atoms with Crippen LogP contribution in [0.2, 0.25) is 0 Å². The predicted molar refractivity (Wildman–Crippen MR) is 195 cm³/mol. The van der Waals surface area contributed by atoms with E-state index in [1.54, 1.807) is 0 Å². The molecule has 1 saturated heterocycles. The number of nitrogens with two attached hydrogens (primary N) is 3. The molecule has 1 fully saturated rings. The van der Waals surface area contributed by atoms with Gasteiger partial charge in [0.15, 0.2) is 0 Å². The summed E-state index contributed by atoms with van der Waals surface area (Å²) in [5, 5.41) is 59.6. The number of hydrogen-bond acceptors (Lipinski definition) is 17. The Hall–Kier alpha value is -4.92. The molecule has 57 heavy (non-hydrogen) atoms. The summed E-state index contributed by atoms with van der Waals surface area (Å²) in [6.07, 6.45) is -1.61. The number of rotatable bonds is 26. The highest BCUT2D eigenvalue weighted by molar-refractivity contribution is 8.00. The maximum absolute atomic E-state index is 13.4. The van der Waals surface area contributed by atoms with Gasteiger partial charge >= 0.3 is 17.9 Å². The standard InChI is InChI=1S/C32H51N9O15S/c1-15(34)25(48)38-19(10-42)27(50)39-20(11-43)26(49)37-18(6-2-3-8-33)21(45)9-23(47)56-12-16-13-57-31-32(36-14-44,30(55)41(31)24(16)29(53)54)40-22(46)7-4-5-17(35)28(51)52/h14-15,17-21,31,42-43,45H,2-13,33-35H2,1H3,(H,36,44)(H,37,49)(H,38,48)(H,39,50)(H,40,46)(H,51,52)(H,53,54)/t15?,17-,18-,19?,20+,21+,31?,32+/m0/s1. The van der Waals surface area contributed by atoms with Gasteiger partial charge in [0.25, 0.3) is 5.91 Å². The second-order valence-electron chi connectivity index (χ2n) is 13.2. The highest BCUT2D eigenvalue weighted by Crippen LogP contribution is 2.45. The number of nitrogens with one attached hydrogen (secondary N) is 5. The Morgan fingerprint density at radius 2 is 1.58 bits per heavy atom. The highest BCUT2D eigenvalue weighted by atomic mass is 32.2. The van der Waals surface area contributed by atoms with Gasteiger partial charge in [0, 0.05) is 17.7 Å². The zero-order valence-electron chi connectivity index (χ0n) is 31.0. The fraction of sp³-hybridized carbons (Fsp3) is 0.656. The fourth-order valence-corrected chi connectivity index (χ4v) is 7.06. The third-order valence-electron chi connectivity index (χ3n) is 8.80. The molecule has 6 amide bonds. The van der Waals surface area contributed by atoms with E-state index < -0.39 is 127 Å². The van der Waals surface area contributed by atoms with Crippen molar-refractivity contribution in [1.82, 2.24) is 31.5 Å². The van der Waals surface area contributed by atoms with Crippen LogP contribution < -0.4 is 43.8 Å². The van der Waals surface area contributed by atoms with E-state index >= 15 is 0 Å². The van der Waals surface area contributed by atoms with Crippen LogP contribution in [0.3, 0.4) is 0 Å². The number of carboxylic acids is 2. The number of amides is 6. The van der Waals surface area contributed by atoms with E-state index in [0.29, 0.717) is 12.8 Å². The molecule has 0 bridgehead atoms. The fourth-order valence-electron chi connectivity index (χ4n) is 5.65. The molecule has 0 spiro atoms. The summed E-state index contributed by atoms with van der Waals surface area (Å²) in [6, 6.07) is -6.54. The molecule has 0 saturated carbocycles. The number of carboxylic acid groups (broad SMARTS) is 2. The summed E-state index contributed by atoms with van der Waals surface area (Å²) in [5.41, 5.74) is 13.8. The molecule has 0 aromatic carbocycles. The maximum Gasteiger partial charge on any atom is 0.352 e. The van der Waals surface area contributed by atoms with Crippen LogP contribution in [0.15, 0.2) is 11.3 Å². The summed E-state index contributed by atoms with van der Waals surface area (Å²) in [5.74, 6) is -8.63. The van der Waals surface area contributed by atoms with Crippen molar-refractivity contribution in [3.8, 4) is 0 Å². The van der Waals surface area contributed by atoms with Gasteiger partial charge in [-0.2, -0.15) is 0 Å². The molecular formula is C32H51N9O15S. The van der Waals surface area contributed by atoms with Crippen LogP contribution in [0, 0.1) is 0 Å². The van der Waals surface area contributed by atoms with Crippen molar-refractivity contribution in [2.75, 3.05) is 32.1 Å². The quantitative estimate of drug-likeness (QED) is 0.0127. The Morgan fingerprint density at radius 1 is 0.965 bits per heavy atom. The van der Waals surface area contributed by atoms with Crippen molar-refractivity contribution in [3.63, 3.8) is 0 Å². The summed E-state index contributed by atoms with van der Waals surface area (Å²) in [6.45, 7) is -0.870. The van der Waals surface area contributed by atoms with Gasteiger partial charge in [-0.1, -0.05) is 6.42 Å². The van der Waals surface area contributed by atoms with Gasteiger partial charge in [0.1, 0.15) is 35.8 Å². The minimum Gasteiger partial charge on any atom is -0.480 e. The molecule has 24 nitrogen and oxygen atoms in total. The first-order valence-corrected chi connectivity index (χ1v) is 18.8. The van der Waals surface area contributed by atoms with Crippen LogP contribution in [0.25, 0.3) is 0 Å². The van der Waals surface area contributed by atoms with Crippen LogP contribution >= 0.6 is 11.8 Å². The zero-order chi connectivity index (χ0) is 43.0. The van der Waals surface area contributed by atoms with Crippen molar-refractivity contribution in [2.45, 2.75) is 99.2 Å². The molecule has 0 aromatic rings. The summed E-state index contributed by atoms with van der Waals surface area (Å²) >= 11 is 0.933. The number of nitrogens with zero attached hydrogens (tertiary/aromatic N) is 1. The number of hydrogen-bond donors (Lipinski definition) is 13. The molecule has 0 radical (unpaired) electrons. The topological polar surface area (TPSA) is 405 Å². The van der Waals surface area contributed by atoms with Crippen LogP contribution in [-0.2, 0) is 47.9 Å². The molecule has 16 N–H and O–H groups in total. The maximum atomic E-state index is 13.4. The van der Waals surface area contributed by atoms with Gasteiger partial charge in [0.2, 0.25) is 35.7 Å². The summed E-state index contributed by atoms with van der Waals surface area (Å²) in [7, 11) is 0. The lowest BCUT2D eigenvalue weighted by Gasteiger charge is -2.56. The molecule has 0 aromatic heterocycles. The molecule has 2 aliphatic heterocycles. The van der Waals surface area contributed by atoms with Crippen LogP contribution in [0.4, 0.5) is 0 Å². The Kier molecular flexibility index (Phi) is 19.2. The van der Waals surface area contributed by atoms with Crippen molar-refractivity contribution in [3.05, 3.63) is 11.3 Å². The molecule has 320 valence electrons. The van der Waals surface area contributed by atoms with E-state index in [4.69, 9.17) is 27.0 Å². The van der Waals surface area contributed by atoms with Crippen LogP contribution in [0.1, 0.15) is 51.9 Å². The molecule has 25 heteroatoms. The van der Waals surface area contributed by atoms with Crippen molar-refractivity contribution in [1.29, 1.82) is 0 Å². The minimum absolute atomic E-state index is 0.0299. The average Bonchev–Trinajstić information content (AvgIpc) is 3.16. The second-order valence-corrected chi connectivity index (χ2v) is 14.2. The van der Waals surface area contributed by atoms with Gasteiger partial charge in [-0.15, -0.1) is 11.8 Å². The molecule has 0 aliphatic carbocycles. The smallest absolute Gasteiger partial charge is 0.352 e. The molecule has 2 aliphatic rings. The largest absolute Gasteiger partial charge is 0.480 e. The number of thioether (sulfide) groups is 1. The number of β-lactam (4-membered cyclic amide) rings is 1. The monoisotopic (exact) mass is 833 g/mol. The predicted octanol–water partition coefficient (Wildman–Crippen LogP) is -6.41. The molecule has 2 rings (SSSR count). The van der Waals surface area contributed by atoms with Crippen LogP contribution in [-0.4, -0.2) is 164 Å². The Bertz CT molecular complexity index is 1550. The first kappa shape index (κ1) is 48.2. The minimum atomic E-state index is -2.04. The second kappa shape index (κ2) is 22.7. The highest BCUT2D eigenvalue weighted by Gasteiger charge is 2.66. The number of carbonyl (C=O) groups excluding carboxylic acids is 7. The molecular weight excluding hydrogens is 782 g/mol. The number of carbonyl (C=O) groups is 9. The number of aliphatic hydroxyl groups is 3. The van der Waals surface area contributed by atoms with E-state index in [0.717, 1.165) is 16.7 Å². The van der Waals surface area contributed by atoms with E-state index in [1.165, 1.54) is 6.92 Å². The molecule has 8 atom stereocenters. The van der Waals surface area contributed by atoms with E-state index in [1.807, 2.05) is 0 Å². The van der Waals surface area contributed by atoms with Gasteiger partial charge in [0.05, 0.1) is 37.8 Å². The lowest BCUT2D eigenvalue weighted by molar-refractivity contribution is -0.162.